The summed E-state index contributed by atoms with van der Waals surface area (Å²) >= 11 is 0. The molecule has 8 heteroatoms. The van der Waals surface area contributed by atoms with Crippen LogP contribution in [0.25, 0.3) is 0 Å². The standard InChI is InChI=1S/C13H23N7O/c1-2-9-21-13-16-11(18-14)15-12(17-13)20-7-5-19(6-8-20)10-3-4-10/h10H,2-9,14H2,1H3,(H,15,16,17,18). The van der Waals surface area contributed by atoms with Gasteiger partial charge in [-0.1, -0.05) is 6.92 Å². The Labute approximate surface area is 124 Å². The van der Waals surface area contributed by atoms with Crippen LogP contribution in [0.15, 0.2) is 0 Å². The van der Waals surface area contributed by atoms with Crippen LogP contribution in [-0.2, 0) is 0 Å². The number of anilines is 2. The Bertz CT molecular complexity index is 472. The molecule has 1 saturated carbocycles. The minimum atomic E-state index is 0.333. The minimum absolute atomic E-state index is 0.333. The van der Waals surface area contributed by atoms with E-state index in [4.69, 9.17) is 10.6 Å². The van der Waals surface area contributed by atoms with Crippen molar-refractivity contribution in [1.82, 2.24) is 19.9 Å². The maximum Gasteiger partial charge on any atom is 0.323 e. The van der Waals surface area contributed by atoms with Crippen LogP contribution >= 0.6 is 0 Å². The molecule has 1 aromatic heterocycles. The monoisotopic (exact) mass is 293 g/mol. The zero-order valence-electron chi connectivity index (χ0n) is 12.5. The van der Waals surface area contributed by atoms with E-state index in [1.807, 2.05) is 6.92 Å². The summed E-state index contributed by atoms with van der Waals surface area (Å²) in [6.07, 6.45) is 3.61. The summed E-state index contributed by atoms with van der Waals surface area (Å²) in [6.45, 7) is 6.61. The number of hydrazine groups is 1. The average molecular weight is 293 g/mol. The molecule has 1 saturated heterocycles. The molecule has 21 heavy (non-hydrogen) atoms. The van der Waals surface area contributed by atoms with Crippen LogP contribution in [0.5, 0.6) is 6.01 Å². The fraction of sp³-hybridized carbons (Fsp3) is 0.769. The topological polar surface area (TPSA) is 92.4 Å². The highest BCUT2D eigenvalue weighted by Crippen LogP contribution is 2.28. The third-order valence-electron chi connectivity index (χ3n) is 3.83. The summed E-state index contributed by atoms with van der Waals surface area (Å²) in [4.78, 5) is 17.6. The van der Waals surface area contributed by atoms with Crippen molar-refractivity contribution in [3.8, 4) is 6.01 Å². The molecule has 0 unspecified atom stereocenters. The first-order valence-electron chi connectivity index (χ1n) is 7.64. The van der Waals surface area contributed by atoms with Gasteiger partial charge in [0.1, 0.15) is 0 Å². The lowest BCUT2D eigenvalue weighted by Gasteiger charge is -2.34. The summed E-state index contributed by atoms with van der Waals surface area (Å²) < 4.78 is 5.50. The van der Waals surface area contributed by atoms with Crippen molar-refractivity contribution in [2.24, 2.45) is 5.84 Å². The molecule has 2 heterocycles. The largest absolute Gasteiger partial charge is 0.463 e. The number of ether oxygens (including phenoxy) is 1. The van der Waals surface area contributed by atoms with Gasteiger partial charge >= 0.3 is 6.01 Å². The molecule has 1 aromatic rings. The lowest BCUT2D eigenvalue weighted by atomic mass is 10.3. The first kappa shape index (κ1) is 14.3. The van der Waals surface area contributed by atoms with Crippen LogP contribution in [-0.4, -0.2) is 58.7 Å². The van der Waals surface area contributed by atoms with E-state index in [9.17, 15) is 0 Å². The van der Waals surface area contributed by atoms with E-state index in [2.05, 4.69) is 30.2 Å². The first-order chi connectivity index (χ1) is 10.3. The average Bonchev–Trinajstić information content (AvgIpc) is 3.37. The van der Waals surface area contributed by atoms with Crippen molar-refractivity contribution >= 4 is 11.9 Å². The zero-order chi connectivity index (χ0) is 14.7. The van der Waals surface area contributed by atoms with Gasteiger partial charge in [-0.3, -0.25) is 10.3 Å². The lowest BCUT2D eigenvalue weighted by molar-refractivity contribution is 0.246. The maximum absolute atomic E-state index is 5.50. The molecular formula is C13H23N7O. The van der Waals surface area contributed by atoms with Crippen LogP contribution in [0.1, 0.15) is 26.2 Å². The Morgan fingerprint density at radius 3 is 2.57 bits per heavy atom. The number of nitrogen functional groups attached to an aromatic ring is 1. The molecule has 0 amide bonds. The predicted octanol–water partition coefficient (Wildman–Crippen LogP) is 0.230. The van der Waals surface area contributed by atoms with E-state index in [1.54, 1.807) is 0 Å². The molecule has 0 atom stereocenters. The lowest BCUT2D eigenvalue weighted by Crippen LogP contribution is -2.47. The minimum Gasteiger partial charge on any atom is -0.463 e. The van der Waals surface area contributed by atoms with Gasteiger partial charge in [0, 0.05) is 32.2 Å². The Kier molecular flexibility index (Phi) is 4.35. The molecule has 0 spiro atoms. The number of nitrogens with zero attached hydrogens (tertiary/aromatic N) is 5. The molecule has 0 radical (unpaired) electrons. The van der Waals surface area contributed by atoms with Crippen LogP contribution in [0.4, 0.5) is 11.9 Å². The summed E-state index contributed by atoms with van der Waals surface area (Å²) in [5, 5.41) is 0. The Balaban J connectivity index is 1.68. The van der Waals surface area contributed by atoms with E-state index in [-0.39, 0.29) is 0 Å². The molecule has 3 N–H and O–H groups in total. The second kappa shape index (κ2) is 6.40. The first-order valence-corrected chi connectivity index (χ1v) is 7.64. The smallest absolute Gasteiger partial charge is 0.323 e. The summed E-state index contributed by atoms with van der Waals surface area (Å²) in [6, 6.07) is 1.15. The van der Waals surface area contributed by atoms with Gasteiger partial charge in [0.15, 0.2) is 0 Å². The van der Waals surface area contributed by atoms with Crippen molar-refractivity contribution in [3.63, 3.8) is 0 Å². The van der Waals surface area contributed by atoms with Gasteiger partial charge in [-0.15, -0.1) is 0 Å². The highest BCUT2D eigenvalue weighted by Gasteiger charge is 2.31. The number of nitrogens with one attached hydrogen (secondary N) is 1. The molecule has 0 bridgehead atoms. The predicted molar refractivity (Wildman–Crippen MR) is 80.2 cm³/mol. The van der Waals surface area contributed by atoms with Crippen molar-refractivity contribution in [1.29, 1.82) is 0 Å². The molecular weight excluding hydrogens is 270 g/mol. The molecule has 116 valence electrons. The Morgan fingerprint density at radius 1 is 1.19 bits per heavy atom. The normalized spacial score (nSPS) is 19.6. The molecule has 2 aliphatic rings. The number of rotatable bonds is 6. The number of hydrogen-bond donors (Lipinski definition) is 2. The SMILES string of the molecule is CCCOc1nc(NN)nc(N2CCN(C3CC3)CC2)n1. The molecule has 1 aliphatic carbocycles. The van der Waals surface area contributed by atoms with Gasteiger partial charge in [-0.05, 0) is 19.3 Å². The van der Waals surface area contributed by atoms with Crippen molar-refractivity contribution in [3.05, 3.63) is 0 Å². The summed E-state index contributed by atoms with van der Waals surface area (Å²) in [5.41, 5.74) is 2.48. The Hall–Kier alpha value is -1.67. The summed E-state index contributed by atoms with van der Waals surface area (Å²) in [5.74, 6) is 6.41. The van der Waals surface area contributed by atoms with Crippen LogP contribution in [0.3, 0.4) is 0 Å². The van der Waals surface area contributed by atoms with Gasteiger partial charge < -0.3 is 9.64 Å². The van der Waals surface area contributed by atoms with Gasteiger partial charge in [-0.2, -0.15) is 15.0 Å². The molecule has 3 rings (SSSR count). The van der Waals surface area contributed by atoms with Gasteiger partial charge in [0.25, 0.3) is 0 Å². The number of nitrogens with two attached hydrogens (primary N) is 1. The van der Waals surface area contributed by atoms with Crippen molar-refractivity contribution in [2.75, 3.05) is 43.1 Å². The van der Waals surface area contributed by atoms with E-state index in [0.29, 0.717) is 24.5 Å². The molecule has 2 fully saturated rings. The van der Waals surface area contributed by atoms with Gasteiger partial charge in [0.2, 0.25) is 11.9 Å². The zero-order valence-corrected chi connectivity index (χ0v) is 12.5. The number of aromatic nitrogens is 3. The second-order valence-electron chi connectivity index (χ2n) is 5.49. The second-order valence-corrected chi connectivity index (χ2v) is 5.49. The van der Waals surface area contributed by atoms with Crippen LogP contribution in [0.2, 0.25) is 0 Å². The van der Waals surface area contributed by atoms with E-state index in [0.717, 1.165) is 38.6 Å². The number of hydrogen-bond acceptors (Lipinski definition) is 8. The van der Waals surface area contributed by atoms with Crippen LogP contribution < -0.4 is 20.9 Å². The van der Waals surface area contributed by atoms with Crippen LogP contribution in [0, 0.1) is 0 Å². The van der Waals surface area contributed by atoms with Gasteiger partial charge in [0.05, 0.1) is 6.61 Å². The quantitative estimate of drug-likeness (QED) is 0.569. The fourth-order valence-corrected chi connectivity index (χ4v) is 2.54. The third kappa shape index (κ3) is 3.51. The molecule has 1 aliphatic heterocycles. The van der Waals surface area contributed by atoms with Crippen molar-refractivity contribution in [2.45, 2.75) is 32.2 Å². The summed E-state index contributed by atoms with van der Waals surface area (Å²) in [7, 11) is 0. The molecule has 0 aromatic carbocycles. The van der Waals surface area contributed by atoms with Crippen molar-refractivity contribution < 1.29 is 4.74 Å². The highest BCUT2D eigenvalue weighted by molar-refractivity contribution is 5.38. The third-order valence-corrected chi connectivity index (χ3v) is 3.83. The maximum atomic E-state index is 5.50. The Morgan fingerprint density at radius 2 is 1.95 bits per heavy atom. The van der Waals surface area contributed by atoms with E-state index in [1.165, 1.54) is 12.8 Å². The van der Waals surface area contributed by atoms with E-state index < -0.39 is 0 Å². The fourth-order valence-electron chi connectivity index (χ4n) is 2.54. The molecule has 8 nitrogen and oxygen atoms in total. The highest BCUT2D eigenvalue weighted by atomic mass is 16.5. The van der Waals surface area contributed by atoms with E-state index >= 15 is 0 Å². The van der Waals surface area contributed by atoms with Gasteiger partial charge in [-0.25, -0.2) is 5.84 Å². The number of piperazine rings is 1.